The molecular weight excluding hydrogens is 276 g/mol. The first-order chi connectivity index (χ1) is 8.15. The van der Waals surface area contributed by atoms with Gasteiger partial charge < -0.3 is 5.11 Å². The first kappa shape index (κ1) is 12.3. The number of aliphatic hydroxyl groups is 1. The fourth-order valence-electron chi connectivity index (χ4n) is 1.87. The van der Waals surface area contributed by atoms with Crippen LogP contribution in [0.5, 0.6) is 0 Å². The van der Waals surface area contributed by atoms with Crippen molar-refractivity contribution in [3.05, 3.63) is 69.7 Å². The van der Waals surface area contributed by atoms with E-state index in [4.69, 9.17) is 0 Å². The van der Waals surface area contributed by atoms with E-state index in [1.54, 1.807) is 0 Å². The van der Waals surface area contributed by atoms with Crippen LogP contribution in [0.3, 0.4) is 0 Å². The molecule has 2 aromatic carbocycles. The molecule has 1 N–H and O–H groups in total. The van der Waals surface area contributed by atoms with Crippen LogP contribution in [-0.2, 0) is 6.42 Å². The average molecular weight is 291 g/mol. The van der Waals surface area contributed by atoms with Gasteiger partial charge in [-0.15, -0.1) is 0 Å². The van der Waals surface area contributed by atoms with Gasteiger partial charge in [0.1, 0.15) is 0 Å². The normalized spacial score (nSPS) is 12.4. The van der Waals surface area contributed by atoms with Crippen molar-refractivity contribution in [2.24, 2.45) is 0 Å². The van der Waals surface area contributed by atoms with E-state index in [0.29, 0.717) is 6.42 Å². The van der Waals surface area contributed by atoms with Gasteiger partial charge in [0.2, 0.25) is 0 Å². The third-order valence-electron chi connectivity index (χ3n) is 2.77. The first-order valence-corrected chi connectivity index (χ1v) is 6.43. The number of rotatable bonds is 3. The molecule has 0 amide bonds. The Kier molecular flexibility index (Phi) is 3.97. The van der Waals surface area contributed by atoms with Crippen LogP contribution in [0.15, 0.2) is 53.0 Å². The zero-order valence-electron chi connectivity index (χ0n) is 9.73. The Hall–Kier alpha value is -1.12. The summed E-state index contributed by atoms with van der Waals surface area (Å²) >= 11 is 3.39. The second kappa shape index (κ2) is 5.48. The first-order valence-electron chi connectivity index (χ1n) is 5.64. The quantitative estimate of drug-likeness (QED) is 0.905. The van der Waals surface area contributed by atoms with Crippen molar-refractivity contribution in [2.45, 2.75) is 19.4 Å². The molecule has 0 aliphatic rings. The Morgan fingerprint density at radius 1 is 1.12 bits per heavy atom. The van der Waals surface area contributed by atoms with Gasteiger partial charge in [-0.05, 0) is 30.2 Å². The predicted molar refractivity (Wildman–Crippen MR) is 74.0 cm³/mol. The molecule has 0 aliphatic heterocycles. The van der Waals surface area contributed by atoms with E-state index in [1.807, 2.05) is 30.3 Å². The Bertz CT molecular complexity index is 491. The van der Waals surface area contributed by atoms with Crippen LogP contribution in [0.25, 0.3) is 0 Å². The number of benzene rings is 2. The molecule has 1 nitrogen and oxygen atoms in total. The predicted octanol–water partition coefficient (Wildman–Crippen LogP) is 4.03. The third-order valence-corrected chi connectivity index (χ3v) is 3.29. The summed E-state index contributed by atoms with van der Waals surface area (Å²) < 4.78 is 1.03. The molecule has 2 rings (SSSR count). The van der Waals surface area contributed by atoms with Gasteiger partial charge >= 0.3 is 0 Å². The van der Waals surface area contributed by atoms with Crippen molar-refractivity contribution in [3.63, 3.8) is 0 Å². The summed E-state index contributed by atoms with van der Waals surface area (Å²) in [7, 11) is 0. The molecular formula is C15H15BrO. The molecule has 88 valence electrons. The van der Waals surface area contributed by atoms with Gasteiger partial charge in [-0.2, -0.15) is 0 Å². The van der Waals surface area contributed by atoms with E-state index >= 15 is 0 Å². The fourth-order valence-corrected chi connectivity index (χ4v) is 2.13. The van der Waals surface area contributed by atoms with E-state index < -0.39 is 6.10 Å². The summed E-state index contributed by atoms with van der Waals surface area (Å²) in [6, 6.07) is 16.1. The zero-order chi connectivity index (χ0) is 12.3. The Balaban J connectivity index is 2.11. The lowest BCUT2D eigenvalue weighted by atomic mass is 10.0. The van der Waals surface area contributed by atoms with Crippen LogP contribution in [0.4, 0.5) is 0 Å². The van der Waals surface area contributed by atoms with Gasteiger partial charge in [0.15, 0.2) is 0 Å². The van der Waals surface area contributed by atoms with Crippen LogP contribution < -0.4 is 0 Å². The minimum absolute atomic E-state index is 0.440. The molecule has 1 atom stereocenters. The second-order valence-corrected chi connectivity index (χ2v) is 5.18. The molecule has 0 fully saturated rings. The van der Waals surface area contributed by atoms with Gasteiger partial charge in [-0.25, -0.2) is 0 Å². The maximum atomic E-state index is 10.1. The summed E-state index contributed by atoms with van der Waals surface area (Å²) in [6.07, 6.45) is 0.216. The molecule has 2 heteroatoms. The summed E-state index contributed by atoms with van der Waals surface area (Å²) in [5, 5.41) is 10.1. The fraction of sp³-hybridized carbons (Fsp3) is 0.200. The number of aliphatic hydroxyl groups excluding tert-OH is 1. The lowest BCUT2D eigenvalue weighted by Crippen LogP contribution is -2.01. The van der Waals surface area contributed by atoms with Crippen LogP contribution >= 0.6 is 15.9 Å². The van der Waals surface area contributed by atoms with Crippen LogP contribution in [-0.4, -0.2) is 5.11 Å². The molecule has 0 saturated carbocycles. The molecule has 0 saturated heterocycles. The van der Waals surface area contributed by atoms with Gasteiger partial charge in [-0.3, -0.25) is 0 Å². The van der Waals surface area contributed by atoms with Gasteiger partial charge in [0.25, 0.3) is 0 Å². The number of hydrogen-bond donors (Lipinski definition) is 1. The smallest absolute Gasteiger partial charge is 0.0830 e. The number of aryl methyl sites for hydroxylation is 1. The Morgan fingerprint density at radius 2 is 1.82 bits per heavy atom. The molecule has 0 aliphatic carbocycles. The van der Waals surface area contributed by atoms with Crippen molar-refractivity contribution >= 4 is 15.9 Å². The van der Waals surface area contributed by atoms with Crippen molar-refractivity contribution in [1.29, 1.82) is 0 Å². The van der Waals surface area contributed by atoms with Gasteiger partial charge in [0, 0.05) is 10.9 Å². The minimum atomic E-state index is -0.440. The maximum Gasteiger partial charge on any atom is 0.0830 e. The molecule has 0 radical (unpaired) electrons. The van der Waals surface area contributed by atoms with E-state index in [-0.39, 0.29) is 0 Å². The van der Waals surface area contributed by atoms with Crippen LogP contribution in [0, 0.1) is 6.92 Å². The zero-order valence-corrected chi connectivity index (χ0v) is 11.3. The highest BCUT2D eigenvalue weighted by atomic mass is 79.9. The van der Waals surface area contributed by atoms with E-state index in [0.717, 1.165) is 10.0 Å². The van der Waals surface area contributed by atoms with E-state index in [9.17, 15) is 5.11 Å². The minimum Gasteiger partial charge on any atom is -0.388 e. The number of hydrogen-bond acceptors (Lipinski definition) is 1. The topological polar surface area (TPSA) is 20.2 Å². The SMILES string of the molecule is Cc1cccc(CC(O)c2ccc(Br)cc2)c1. The van der Waals surface area contributed by atoms with Crippen molar-refractivity contribution in [3.8, 4) is 0 Å². The average Bonchev–Trinajstić information content (AvgIpc) is 2.29. The molecule has 0 spiro atoms. The summed E-state index contributed by atoms with van der Waals surface area (Å²) in [6.45, 7) is 2.06. The molecule has 0 aromatic heterocycles. The summed E-state index contributed by atoms with van der Waals surface area (Å²) in [5.41, 5.74) is 3.35. The lowest BCUT2D eigenvalue weighted by molar-refractivity contribution is 0.178. The standard InChI is InChI=1S/C15H15BrO/c1-11-3-2-4-12(9-11)10-15(17)13-5-7-14(16)8-6-13/h2-9,15,17H,10H2,1H3. The van der Waals surface area contributed by atoms with Gasteiger partial charge in [-0.1, -0.05) is 57.9 Å². The largest absolute Gasteiger partial charge is 0.388 e. The number of halogens is 1. The molecule has 0 heterocycles. The van der Waals surface area contributed by atoms with Crippen LogP contribution in [0.1, 0.15) is 22.8 Å². The highest BCUT2D eigenvalue weighted by Crippen LogP contribution is 2.20. The monoisotopic (exact) mass is 290 g/mol. The van der Waals surface area contributed by atoms with Crippen molar-refractivity contribution in [2.75, 3.05) is 0 Å². The third kappa shape index (κ3) is 3.42. The molecule has 17 heavy (non-hydrogen) atoms. The molecule has 1 unspecified atom stereocenters. The van der Waals surface area contributed by atoms with E-state index in [2.05, 4.69) is 41.1 Å². The van der Waals surface area contributed by atoms with Crippen molar-refractivity contribution in [1.82, 2.24) is 0 Å². The highest BCUT2D eigenvalue weighted by molar-refractivity contribution is 9.10. The highest BCUT2D eigenvalue weighted by Gasteiger charge is 2.08. The second-order valence-electron chi connectivity index (χ2n) is 4.26. The van der Waals surface area contributed by atoms with E-state index in [1.165, 1.54) is 11.1 Å². The summed E-state index contributed by atoms with van der Waals surface area (Å²) in [5.74, 6) is 0. The Labute approximate surface area is 110 Å². The van der Waals surface area contributed by atoms with Crippen molar-refractivity contribution < 1.29 is 5.11 Å². The maximum absolute atomic E-state index is 10.1. The molecule has 0 bridgehead atoms. The lowest BCUT2D eigenvalue weighted by Gasteiger charge is -2.11. The Morgan fingerprint density at radius 3 is 2.47 bits per heavy atom. The van der Waals surface area contributed by atoms with Gasteiger partial charge in [0.05, 0.1) is 6.10 Å². The summed E-state index contributed by atoms with van der Waals surface area (Å²) in [4.78, 5) is 0. The molecule has 2 aromatic rings. The van der Waals surface area contributed by atoms with Crippen LogP contribution in [0.2, 0.25) is 0 Å².